The van der Waals surface area contributed by atoms with E-state index in [2.05, 4.69) is 10.3 Å². The predicted octanol–water partition coefficient (Wildman–Crippen LogP) is 2.96. The van der Waals surface area contributed by atoms with Crippen molar-refractivity contribution in [3.8, 4) is 23.0 Å². The predicted molar refractivity (Wildman–Crippen MR) is 129 cm³/mol. The van der Waals surface area contributed by atoms with Gasteiger partial charge in [-0.05, 0) is 25.1 Å². The highest BCUT2D eigenvalue weighted by molar-refractivity contribution is 7.22. The van der Waals surface area contributed by atoms with Crippen LogP contribution in [-0.4, -0.2) is 74.4 Å². The lowest BCUT2D eigenvalue weighted by molar-refractivity contribution is -0.137. The van der Waals surface area contributed by atoms with Crippen molar-refractivity contribution in [3.63, 3.8) is 0 Å². The van der Waals surface area contributed by atoms with Gasteiger partial charge in [0.25, 0.3) is 11.8 Å². The Morgan fingerprint density at radius 2 is 1.80 bits per heavy atom. The number of rotatable bonds is 7. The van der Waals surface area contributed by atoms with Gasteiger partial charge in [-0.3, -0.25) is 14.9 Å². The van der Waals surface area contributed by atoms with E-state index in [9.17, 15) is 9.59 Å². The maximum absolute atomic E-state index is 12.9. The van der Waals surface area contributed by atoms with Crippen molar-refractivity contribution in [2.45, 2.75) is 6.92 Å². The Morgan fingerprint density at radius 1 is 1.03 bits per heavy atom. The molecule has 1 saturated heterocycles. The topological polar surface area (TPSA) is 108 Å². The van der Waals surface area contributed by atoms with Crippen LogP contribution in [0.2, 0.25) is 0 Å². The lowest BCUT2D eigenvalue weighted by atomic mass is 10.2. The Kier molecular flexibility index (Phi) is 6.87. The summed E-state index contributed by atoms with van der Waals surface area (Å²) in [6.45, 7) is 5.25. The molecule has 0 atom stereocenters. The van der Waals surface area contributed by atoms with Crippen LogP contribution in [0.3, 0.4) is 0 Å². The third-order valence-electron chi connectivity index (χ3n) is 5.49. The van der Waals surface area contributed by atoms with Crippen molar-refractivity contribution in [1.29, 1.82) is 0 Å². The highest BCUT2D eigenvalue weighted by Crippen LogP contribution is 2.38. The number of anilines is 1. The summed E-state index contributed by atoms with van der Waals surface area (Å²) in [5, 5.41) is 3.30. The first-order valence-corrected chi connectivity index (χ1v) is 12.2. The number of benzene rings is 2. The van der Waals surface area contributed by atoms with Crippen molar-refractivity contribution in [2.75, 3.05) is 58.0 Å². The van der Waals surface area contributed by atoms with E-state index in [0.29, 0.717) is 79.8 Å². The highest BCUT2D eigenvalue weighted by Gasteiger charge is 2.20. The Hall–Kier alpha value is -3.57. The summed E-state index contributed by atoms with van der Waals surface area (Å²) >= 11 is 1.35. The molecule has 10 nitrogen and oxygen atoms in total. The molecule has 35 heavy (non-hydrogen) atoms. The van der Waals surface area contributed by atoms with Crippen LogP contribution in [0.15, 0.2) is 30.3 Å². The van der Waals surface area contributed by atoms with Gasteiger partial charge in [-0.2, -0.15) is 0 Å². The number of thiazole rings is 1. The molecule has 1 aromatic heterocycles. The van der Waals surface area contributed by atoms with Gasteiger partial charge in [0, 0.05) is 30.8 Å². The van der Waals surface area contributed by atoms with E-state index in [1.165, 1.54) is 11.3 Å². The van der Waals surface area contributed by atoms with Crippen molar-refractivity contribution in [3.05, 3.63) is 35.9 Å². The van der Waals surface area contributed by atoms with Gasteiger partial charge < -0.3 is 28.6 Å². The zero-order valence-corrected chi connectivity index (χ0v) is 20.0. The fourth-order valence-electron chi connectivity index (χ4n) is 3.77. The minimum Gasteiger partial charge on any atom is -0.490 e. The molecule has 1 fully saturated rings. The van der Waals surface area contributed by atoms with Gasteiger partial charge >= 0.3 is 0 Å². The molecule has 0 unspecified atom stereocenters. The van der Waals surface area contributed by atoms with E-state index in [1.54, 1.807) is 23.1 Å². The van der Waals surface area contributed by atoms with Gasteiger partial charge in [-0.1, -0.05) is 11.3 Å². The van der Waals surface area contributed by atoms with E-state index < -0.39 is 0 Å². The molecule has 0 aliphatic carbocycles. The molecule has 0 spiro atoms. The highest BCUT2D eigenvalue weighted by atomic mass is 32.1. The zero-order valence-electron chi connectivity index (χ0n) is 19.2. The van der Waals surface area contributed by atoms with E-state index >= 15 is 0 Å². The van der Waals surface area contributed by atoms with E-state index in [0.717, 1.165) is 10.2 Å². The summed E-state index contributed by atoms with van der Waals surface area (Å²) in [5.74, 6) is 1.66. The van der Waals surface area contributed by atoms with Crippen LogP contribution in [-0.2, 0) is 9.53 Å². The number of carbonyl (C=O) groups is 2. The second-order valence-electron chi connectivity index (χ2n) is 7.81. The minimum atomic E-state index is -0.335. The lowest BCUT2D eigenvalue weighted by Crippen LogP contribution is -2.43. The summed E-state index contributed by atoms with van der Waals surface area (Å²) in [5.41, 5.74) is 1.10. The second-order valence-corrected chi connectivity index (χ2v) is 8.84. The Morgan fingerprint density at radius 3 is 2.57 bits per heavy atom. The van der Waals surface area contributed by atoms with Crippen LogP contribution in [0.5, 0.6) is 23.0 Å². The molecule has 5 rings (SSSR count). The van der Waals surface area contributed by atoms with Crippen molar-refractivity contribution in [2.24, 2.45) is 0 Å². The van der Waals surface area contributed by atoms with Crippen molar-refractivity contribution < 1.29 is 33.3 Å². The molecule has 2 aromatic carbocycles. The first-order valence-electron chi connectivity index (χ1n) is 11.4. The maximum atomic E-state index is 12.9. The molecule has 2 amide bonds. The number of aromatic nitrogens is 1. The summed E-state index contributed by atoms with van der Waals surface area (Å²) in [6.07, 6.45) is 0. The molecule has 0 bridgehead atoms. The smallest absolute Gasteiger partial charge is 0.260 e. The standard InChI is InChI=1S/C24H25N3O7S/c1-2-31-18-11-15(3-4-17(18)34-14-22(28)27-5-7-30-8-6-27)23(29)26-24-25-16-12-19-20(13-21(16)35-24)33-10-9-32-19/h3-4,11-13H,2,5-10,14H2,1H3,(H,25,26,29). The van der Waals surface area contributed by atoms with Gasteiger partial charge in [0.1, 0.15) is 13.2 Å². The third kappa shape index (κ3) is 5.25. The number of hydrogen-bond donors (Lipinski definition) is 1. The Bertz CT molecular complexity index is 1200. The lowest BCUT2D eigenvalue weighted by Gasteiger charge is -2.26. The molecular formula is C24H25N3O7S. The summed E-state index contributed by atoms with van der Waals surface area (Å²) in [7, 11) is 0. The van der Waals surface area contributed by atoms with Crippen molar-refractivity contribution in [1.82, 2.24) is 9.88 Å². The number of amides is 2. The average molecular weight is 500 g/mol. The van der Waals surface area contributed by atoms with E-state index in [4.69, 9.17) is 23.7 Å². The Balaban J connectivity index is 1.27. The van der Waals surface area contributed by atoms with Gasteiger partial charge in [0.05, 0.1) is 30.0 Å². The molecule has 0 radical (unpaired) electrons. The van der Waals surface area contributed by atoms with Crippen LogP contribution >= 0.6 is 11.3 Å². The fourth-order valence-corrected chi connectivity index (χ4v) is 4.64. The third-order valence-corrected chi connectivity index (χ3v) is 6.43. The molecule has 2 aliphatic rings. The molecule has 1 N–H and O–H groups in total. The summed E-state index contributed by atoms with van der Waals surface area (Å²) in [6, 6.07) is 8.54. The minimum absolute atomic E-state index is 0.116. The molecular weight excluding hydrogens is 474 g/mol. The second kappa shape index (κ2) is 10.4. The van der Waals surface area contributed by atoms with Gasteiger partial charge in [-0.25, -0.2) is 4.98 Å². The quantitative estimate of drug-likeness (QED) is 0.529. The van der Waals surface area contributed by atoms with E-state index in [1.807, 2.05) is 19.1 Å². The average Bonchev–Trinajstić information content (AvgIpc) is 3.27. The molecule has 184 valence electrons. The number of morpholine rings is 1. The SMILES string of the molecule is CCOc1cc(C(=O)Nc2nc3cc4c(cc3s2)OCCO4)ccc1OCC(=O)N1CCOCC1. The van der Waals surface area contributed by atoms with Crippen LogP contribution in [0.4, 0.5) is 5.13 Å². The molecule has 0 saturated carbocycles. The number of ether oxygens (including phenoxy) is 5. The fraction of sp³-hybridized carbons (Fsp3) is 0.375. The summed E-state index contributed by atoms with van der Waals surface area (Å²) in [4.78, 5) is 31.5. The first-order chi connectivity index (χ1) is 17.1. The molecule has 3 aromatic rings. The monoisotopic (exact) mass is 499 g/mol. The maximum Gasteiger partial charge on any atom is 0.260 e. The number of hydrogen-bond acceptors (Lipinski definition) is 9. The van der Waals surface area contributed by atoms with Crippen LogP contribution in [0.25, 0.3) is 10.2 Å². The molecule has 2 aliphatic heterocycles. The Labute approximate surface area is 205 Å². The first kappa shape index (κ1) is 23.2. The zero-order chi connectivity index (χ0) is 24.2. The number of carbonyl (C=O) groups excluding carboxylic acids is 2. The van der Waals surface area contributed by atoms with Crippen LogP contribution in [0.1, 0.15) is 17.3 Å². The van der Waals surface area contributed by atoms with Gasteiger partial charge in [0.15, 0.2) is 34.7 Å². The number of fused-ring (bicyclic) bond motifs is 2. The largest absolute Gasteiger partial charge is 0.490 e. The van der Waals surface area contributed by atoms with Gasteiger partial charge in [0.2, 0.25) is 0 Å². The summed E-state index contributed by atoms with van der Waals surface area (Å²) < 4.78 is 28.8. The van der Waals surface area contributed by atoms with Crippen molar-refractivity contribution >= 4 is 38.5 Å². The van der Waals surface area contributed by atoms with E-state index in [-0.39, 0.29) is 18.4 Å². The molecule has 3 heterocycles. The molecule has 11 heteroatoms. The van der Waals surface area contributed by atoms with Gasteiger partial charge in [-0.15, -0.1) is 0 Å². The van der Waals surface area contributed by atoms with Crippen LogP contribution in [0, 0.1) is 0 Å². The van der Waals surface area contributed by atoms with Crippen LogP contribution < -0.4 is 24.3 Å². The number of nitrogens with one attached hydrogen (secondary N) is 1. The normalized spacial score (nSPS) is 15.1. The number of nitrogens with zero attached hydrogens (tertiary/aromatic N) is 2.